The third-order valence-electron chi connectivity index (χ3n) is 3.16. The van der Waals surface area contributed by atoms with Crippen molar-refractivity contribution in [2.24, 2.45) is 0 Å². The molecule has 1 heterocycles. The number of nitrogens with two attached hydrogens (primary N) is 1. The van der Waals surface area contributed by atoms with Crippen LogP contribution >= 0.6 is 0 Å². The van der Waals surface area contributed by atoms with Gasteiger partial charge < -0.3 is 20.7 Å². The number of nitrogen functional groups attached to an aromatic ring is 1. The zero-order chi connectivity index (χ0) is 13.8. The molecule has 6 nitrogen and oxygen atoms in total. The van der Waals surface area contributed by atoms with Crippen molar-refractivity contribution in [1.82, 2.24) is 5.32 Å². The van der Waals surface area contributed by atoms with E-state index in [0.717, 1.165) is 5.69 Å². The van der Waals surface area contributed by atoms with Crippen LogP contribution in [-0.2, 0) is 9.53 Å². The van der Waals surface area contributed by atoms with Crippen LogP contribution in [0.4, 0.5) is 11.4 Å². The lowest BCUT2D eigenvalue weighted by Gasteiger charge is -2.36. The number of carbonyl (C=O) groups is 1. The van der Waals surface area contributed by atoms with Gasteiger partial charge in [-0.3, -0.25) is 4.79 Å². The predicted octanol–water partition coefficient (Wildman–Crippen LogP) is 0.0917. The Morgan fingerprint density at radius 2 is 2.42 bits per heavy atom. The number of nitrogens with one attached hydrogen (secondary N) is 1. The lowest BCUT2D eigenvalue weighted by Crippen LogP contribution is -2.53. The standard InChI is InChI=1S/C13H16N4O2/c1-16-13(18)12-8-19-5-4-17(12)10-3-2-9(7-14)11(15)6-10/h2-3,6,12H,4-5,8,15H2,1H3,(H,16,18). The van der Waals surface area contributed by atoms with Gasteiger partial charge in [0.05, 0.1) is 24.5 Å². The number of carbonyl (C=O) groups excluding carboxylic acids is 1. The van der Waals surface area contributed by atoms with Gasteiger partial charge >= 0.3 is 0 Å². The first-order valence-corrected chi connectivity index (χ1v) is 6.03. The van der Waals surface area contributed by atoms with Gasteiger partial charge in [0, 0.05) is 19.3 Å². The van der Waals surface area contributed by atoms with Gasteiger partial charge in [0.15, 0.2) is 0 Å². The molecule has 1 fully saturated rings. The second-order valence-corrected chi connectivity index (χ2v) is 4.28. The first-order chi connectivity index (χ1) is 9.17. The van der Waals surface area contributed by atoms with Crippen LogP contribution in [0.15, 0.2) is 18.2 Å². The van der Waals surface area contributed by atoms with Gasteiger partial charge in [-0.1, -0.05) is 0 Å². The number of hydrogen-bond acceptors (Lipinski definition) is 5. The topological polar surface area (TPSA) is 91.4 Å². The molecule has 1 saturated heterocycles. The van der Waals surface area contributed by atoms with E-state index < -0.39 is 0 Å². The smallest absolute Gasteiger partial charge is 0.244 e. The number of amides is 1. The molecule has 19 heavy (non-hydrogen) atoms. The van der Waals surface area contributed by atoms with Crippen LogP contribution in [0.3, 0.4) is 0 Å². The lowest BCUT2D eigenvalue weighted by atomic mass is 10.1. The van der Waals surface area contributed by atoms with Crippen LogP contribution in [0, 0.1) is 11.3 Å². The minimum atomic E-state index is -0.369. The number of nitriles is 1. The Labute approximate surface area is 111 Å². The van der Waals surface area contributed by atoms with E-state index in [1.165, 1.54) is 0 Å². The number of morpholine rings is 1. The van der Waals surface area contributed by atoms with Crippen molar-refractivity contribution in [2.45, 2.75) is 6.04 Å². The summed E-state index contributed by atoms with van der Waals surface area (Å²) in [4.78, 5) is 13.8. The molecule has 1 atom stereocenters. The molecule has 3 N–H and O–H groups in total. The summed E-state index contributed by atoms with van der Waals surface area (Å²) in [5.41, 5.74) is 7.50. The summed E-state index contributed by atoms with van der Waals surface area (Å²) < 4.78 is 5.35. The maximum absolute atomic E-state index is 11.8. The van der Waals surface area contributed by atoms with Crippen LogP contribution in [0.5, 0.6) is 0 Å². The summed E-state index contributed by atoms with van der Waals surface area (Å²) >= 11 is 0. The van der Waals surface area contributed by atoms with E-state index in [2.05, 4.69) is 5.32 Å². The Balaban J connectivity index is 2.30. The number of likely N-dealkylation sites (N-methyl/N-ethyl adjacent to an activating group) is 1. The molecule has 0 saturated carbocycles. The van der Waals surface area contributed by atoms with E-state index in [9.17, 15) is 4.79 Å². The molecule has 1 aromatic carbocycles. The molecule has 0 spiro atoms. The van der Waals surface area contributed by atoms with Gasteiger partial charge in [-0.15, -0.1) is 0 Å². The van der Waals surface area contributed by atoms with Crippen molar-refractivity contribution in [2.75, 3.05) is 37.4 Å². The Bertz CT molecular complexity index is 524. The molecule has 100 valence electrons. The zero-order valence-electron chi connectivity index (χ0n) is 10.7. The minimum Gasteiger partial charge on any atom is -0.398 e. The molecular weight excluding hydrogens is 244 g/mol. The third kappa shape index (κ3) is 2.61. The quantitative estimate of drug-likeness (QED) is 0.735. The summed E-state index contributed by atoms with van der Waals surface area (Å²) in [6.45, 7) is 1.52. The van der Waals surface area contributed by atoms with Gasteiger partial charge in [-0.25, -0.2) is 0 Å². The fourth-order valence-corrected chi connectivity index (χ4v) is 2.13. The van der Waals surface area contributed by atoms with E-state index in [4.69, 9.17) is 15.7 Å². The SMILES string of the molecule is CNC(=O)C1COCCN1c1ccc(C#N)c(N)c1. The molecule has 6 heteroatoms. The van der Waals surface area contributed by atoms with Gasteiger partial charge in [0.2, 0.25) is 5.91 Å². The normalized spacial score (nSPS) is 18.7. The van der Waals surface area contributed by atoms with E-state index in [-0.39, 0.29) is 11.9 Å². The molecule has 0 radical (unpaired) electrons. The van der Waals surface area contributed by atoms with Crippen molar-refractivity contribution in [3.63, 3.8) is 0 Å². The number of hydrogen-bond donors (Lipinski definition) is 2. The van der Waals surface area contributed by atoms with Crippen LogP contribution in [0.1, 0.15) is 5.56 Å². The molecule has 1 aliphatic heterocycles. The average Bonchev–Trinajstić information content (AvgIpc) is 2.46. The van der Waals surface area contributed by atoms with E-state index >= 15 is 0 Å². The Morgan fingerprint density at radius 1 is 1.63 bits per heavy atom. The number of ether oxygens (including phenoxy) is 1. The van der Waals surface area contributed by atoms with Crippen LogP contribution in [-0.4, -0.2) is 38.8 Å². The van der Waals surface area contributed by atoms with Crippen molar-refractivity contribution in [1.29, 1.82) is 5.26 Å². The second kappa shape index (κ2) is 5.59. The number of rotatable bonds is 2. The summed E-state index contributed by atoms with van der Waals surface area (Å²) in [7, 11) is 1.60. The Kier molecular flexibility index (Phi) is 3.88. The van der Waals surface area contributed by atoms with Gasteiger partial charge in [-0.2, -0.15) is 5.26 Å². The highest BCUT2D eigenvalue weighted by Crippen LogP contribution is 2.24. The summed E-state index contributed by atoms with van der Waals surface area (Å²) in [5.74, 6) is -0.0948. The van der Waals surface area contributed by atoms with E-state index in [1.807, 2.05) is 11.0 Å². The average molecular weight is 260 g/mol. The van der Waals surface area contributed by atoms with Crippen LogP contribution < -0.4 is 16.0 Å². The highest BCUT2D eigenvalue weighted by atomic mass is 16.5. The highest BCUT2D eigenvalue weighted by Gasteiger charge is 2.29. The fourth-order valence-electron chi connectivity index (χ4n) is 2.13. The van der Waals surface area contributed by atoms with Crippen LogP contribution in [0.25, 0.3) is 0 Å². The largest absolute Gasteiger partial charge is 0.398 e. The predicted molar refractivity (Wildman–Crippen MR) is 71.6 cm³/mol. The molecule has 0 aromatic heterocycles. The van der Waals surface area contributed by atoms with E-state index in [1.54, 1.807) is 25.2 Å². The molecule has 0 bridgehead atoms. The maximum Gasteiger partial charge on any atom is 0.244 e. The zero-order valence-corrected chi connectivity index (χ0v) is 10.7. The number of anilines is 2. The summed E-state index contributed by atoms with van der Waals surface area (Å²) in [6.07, 6.45) is 0. The highest BCUT2D eigenvalue weighted by molar-refractivity contribution is 5.85. The molecule has 1 aliphatic rings. The Morgan fingerprint density at radius 3 is 3.05 bits per heavy atom. The summed E-state index contributed by atoms with van der Waals surface area (Å²) in [5, 5.41) is 11.5. The summed E-state index contributed by atoms with van der Waals surface area (Å²) in [6, 6.07) is 6.85. The van der Waals surface area contributed by atoms with Crippen LogP contribution in [0.2, 0.25) is 0 Å². The van der Waals surface area contributed by atoms with Crippen molar-refractivity contribution in [3.05, 3.63) is 23.8 Å². The van der Waals surface area contributed by atoms with Gasteiger partial charge in [0.1, 0.15) is 12.1 Å². The molecular formula is C13H16N4O2. The number of benzene rings is 1. The molecule has 0 aliphatic carbocycles. The Hall–Kier alpha value is -2.26. The van der Waals surface area contributed by atoms with Gasteiger partial charge in [0.25, 0.3) is 0 Å². The van der Waals surface area contributed by atoms with E-state index in [0.29, 0.717) is 31.0 Å². The first kappa shape index (κ1) is 13.2. The molecule has 1 amide bonds. The van der Waals surface area contributed by atoms with Gasteiger partial charge in [-0.05, 0) is 18.2 Å². The molecule has 1 aromatic rings. The fraction of sp³-hybridized carbons (Fsp3) is 0.385. The monoisotopic (exact) mass is 260 g/mol. The first-order valence-electron chi connectivity index (χ1n) is 6.03. The minimum absolute atomic E-state index is 0.0948. The third-order valence-corrected chi connectivity index (χ3v) is 3.16. The lowest BCUT2D eigenvalue weighted by molar-refractivity contribution is -0.124. The maximum atomic E-state index is 11.8. The van der Waals surface area contributed by atoms with Crippen molar-refractivity contribution >= 4 is 17.3 Å². The second-order valence-electron chi connectivity index (χ2n) is 4.28. The number of nitrogens with zero attached hydrogens (tertiary/aromatic N) is 2. The molecule has 2 rings (SSSR count). The van der Waals surface area contributed by atoms with Crippen molar-refractivity contribution < 1.29 is 9.53 Å². The van der Waals surface area contributed by atoms with Crippen molar-refractivity contribution in [3.8, 4) is 6.07 Å². The molecule has 1 unspecified atom stereocenters.